The molecule has 0 spiro atoms. The summed E-state index contributed by atoms with van der Waals surface area (Å²) >= 11 is 5.24. The summed E-state index contributed by atoms with van der Waals surface area (Å²) in [5.41, 5.74) is -0.431. The fourth-order valence-corrected chi connectivity index (χ4v) is 4.41. The molecule has 2 heterocycles. The first-order valence-corrected chi connectivity index (χ1v) is 11.0. The number of hydrogen-bond acceptors (Lipinski definition) is 5. The number of hydrogen-bond donors (Lipinski definition) is 1. The number of nitrogens with one attached hydrogen (secondary N) is 1. The van der Waals surface area contributed by atoms with Gasteiger partial charge in [0.15, 0.2) is 0 Å². The molecule has 0 saturated heterocycles. The molecule has 7 nitrogen and oxygen atoms in total. The van der Waals surface area contributed by atoms with Crippen molar-refractivity contribution >= 4 is 42.0 Å². The van der Waals surface area contributed by atoms with Crippen LogP contribution in [0, 0.1) is 11.3 Å². The Balaban J connectivity index is 2.02. The van der Waals surface area contributed by atoms with Crippen LogP contribution in [0.4, 0.5) is 4.39 Å². The van der Waals surface area contributed by atoms with Crippen molar-refractivity contribution in [1.82, 2.24) is 13.1 Å². The van der Waals surface area contributed by atoms with Gasteiger partial charge in [0.1, 0.15) is 17.6 Å². The summed E-state index contributed by atoms with van der Waals surface area (Å²) in [5, 5.41) is 9.35. The van der Waals surface area contributed by atoms with Crippen LogP contribution < -0.4 is 13.8 Å². The lowest BCUT2D eigenvalue weighted by molar-refractivity contribution is -0.114. The van der Waals surface area contributed by atoms with E-state index >= 15 is 0 Å². The Morgan fingerprint density at radius 3 is 2.83 bits per heavy atom. The number of alkyl halides is 1. The van der Waals surface area contributed by atoms with Crippen LogP contribution in [-0.2, 0) is 11.3 Å². The maximum absolute atomic E-state index is 14.4. The van der Waals surface area contributed by atoms with E-state index in [-0.39, 0.29) is 46.7 Å². The number of amides is 1. The van der Waals surface area contributed by atoms with Crippen molar-refractivity contribution in [3.8, 4) is 17.6 Å². The van der Waals surface area contributed by atoms with Crippen LogP contribution in [0.2, 0.25) is 5.02 Å². The highest BCUT2D eigenvalue weighted by atomic mass is 127. The Hall–Kier alpha value is -2.58. The number of benzene rings is 1. The Labute approximate surface area is 180 Å². The molecule has 1 amide bonds. The molecule has 1 aromatic heterocycles. The summed E-state index contributed by atoms with van der Waals surface area (Å²) in [4.78, 5) is 28.4. The van der Waals surface area contributed by atoms with E-state index in [0.717, 1.165) is 3.51 Å². The minimum absolute atomic E-state index is 0.112. The average molecular weight is 529 g/mol. The van der Waals surface area contributed by atoms with Crippen molar-refractivity contribution in [2.45, 2.75) is 26.1 Å². The summed E-state index contributed by atoms with van der Waals surface area (Å²) in [7, 11) is 0. The second-order valence-electron chi connectivity index (χ2n) is 5.99. The standard InChI is InChI=1S/C19H15ClFIN4O3/c1-2-15(21)17-18(29-14-6-11(8-23)5-12(20)7-14)19(28)26(10-24-17)9-13-3-4-16(27)25-22-13/h3-7,10,15H,2,9H2,1H3,(H,25,27). The highest BCUT2D eigenvalue weighted by Gasteiger charge is 2.22. The van der Waals surface area contributed by atoms with E-state index in [1.807, 2.05) is 6.07 Å². The maximum Gasteiger partial charge on any atom is 0.297 e. The van der Waals surface area contributed by atoms with Crippen molar-refractivity contribution in [2.75, 3.05) is 0 Å². The lowest BCUT2D eigenvalue weighted by atomic mass is 10.2. The summed E-state index contributed by atoms with van der Waals surface area (Å²) in [5.74, 6) is -0.278. The lowest BCUT2D eigenvalue weighted by Gasteiger charge is -2.15. The number of ether oxygens (including phenoxy) is 1. The lowest BCUT2D eigenvalue weighted by Crippen LogP contribution is -2.27. The van der Waals surface area contributed by atoms with E-state index in [0.29, 0.717) is 0 Å². The van der Waals surface area contributed by atoms with Gasteiger partial charge >= 0.3 is 0 Å². The number of nitriles is 1. The second-order valence-corrected chi connectivity index (χ2v) is 8.89. The highest BCUT2D eigenvalue weighted by Crippen LogP contribution is 2.30. The molecule has 29 heavy (non-hydrogen) atoms. The molecule has 0 radical (unpaired) electrons. The summed E-state index contributed by atoms with van der Waals surface area (Å²) in [6, 6.07) is 6.24. The van der Waals surface area contributed by atoms with E-state index < -0.39 is 32.7 Å². The highest BCUT2D eigenvalue weighted by molar-refractivity contribution is 14.2. The first kappa shape index (κ1) is 21.1. The molecule has 2 aromatic rings. The molecule has 10 heteroatoms. The molecule has 0 fully saturated rings. The van der Waals surface area contributed by atoms with Crippen molar-refractivity contribution in [3.05, 3.63) is 63.3 Å². The number of allylic oxidation sites excluding steroid dienone is 1. The van der Waals surface area contributed by atoms with Gasteiger partial charge in [0.25, 0.3) is 11.5 Å². The molecule has 1 unspecified atom stereocenters. The maximum atomic E-state index is 14.4. The number of carbonyl (C=O) groups excluding carboxylic acids is 1. The third-order valence-electron chi connectivity index (χ3n) is 3.90. The molecular formula is C19H15ClFIN4O3. The van der Waals surface area contributed by atoms with Crippen LogP contribution in [-0.4, -0.2) is 19.0 Å². The van der Waals surface area contributed by atoms with Gasteiger partial charge in [-0.15, -0.1) is 0 Å². The van der Waals surface area contributed by atoms with Crippen LogP contribution in [0.3, 0.4) is 0 Å². The fourth-order valence-electron chi connectivity index (χ4n) is 2.49. The van der Waals surface area contributed by atoms with Gasteiger partial charge in [0.2, 0.25) is 5.75 Å². The molecule has 1 N–H and O–H groups in total. The van der Waals surface area contributed by atoms with Crippen molar-refractivity contribution in [2.24, 2.45) is 0 Å². The average Bonchev–Trinajstić information content (AvgIpc) is 2.71. The van der Waals surface area contributed by atoms with Gasteiger partial charge in [-0.3, -0.25) is 14.2 Å². The van der Waals surface area contributed by atoms with Gasteiger partial charge in [0.05, 0.1) is 24.5 Å². The smallest absolute Gasteiger partial charge is 0.297 e. The molecule has 1 aromatic carbocycles. The third kappa shape index (κ3) is 5.07. The van der Waals surface area contributed by atoms with Gasteiger partial charge in [0, 0.05) is 35.6 Å². The predicted molar refractivity (Wildman–Crippen MR) is 115 cm³/mol. The van der Waals surface area contributed by atoms with E-state index in [2.05, 4.69) is 8.51 Å². The van der Waals surface area contributed by atoms with Crippen LogP contribution in [0.15, 0.2) is 41.5 Å². The SMILES string of the molecule is CCC(F)c1ncn(CC2=INC(=O)C=C2)c(=O)c1Oc1cc(Cl)cc(C#N)c1. The number of nitrogens with zero attached hydrogens (tertiary/aromatic N) is 3. The van der Waals surface area contributed by atoms with Gasteiger partial charge in [-0.2, -0.15) is 5.26 Å². The molecule has 3 rings (SSSR count). The molecule has 1 aliphatic rings. The minimum atomic E-state index is -1.49. The zero-order chi connectivity index (χ0) is 21.0. The zero-order valence-corrected chi connectivity index (χ0v) is 18.1. The first-order valence-electron chi connectivity index (χ1n) is 8.51. The van der Waals surface area contributed by atoms with Crippen LogP contribution in [0.5, 0.6) is 11.5 Å². The van der Waals surface area contributed by atoms with Crippen molar-refractivity contribution in [3.63, 3.8) is 0 Å². The summed E-state index contributed by atoms with van der Waals surface area (Å²) < 4.78 is 25.1. The molecule has 150 valence electrons. The Morgan fingerprint density at radius 2 is 2.17 bits per heavy atom. The minimum Gasteiger partial charge on any atom is -0.449 e. The second kappa shape index (κ2) is 9.28. The van der Waals surface area contributed by atoms with E-state index in [1.54, 1.807) is 13.0 Å². The van der Waals surface area contributed by atoms with E-state index in [9.17, 15) is 14.0 Å². The molecule has 1 aliphatic heterocycles. The summed E-state index contributed by atoms with van der Waals surface area (Å²) in [6.07, 6.45) is 2.96. The number of rotatable bonds is 6. The normalized spacial score (nSPS) is 14.3. The van der Waals surface area contributed by atoms with Gasteiger partial charge < -0.3 is 8.27 Å². The zero-order valence-electron chi connectivity index (χ0n) is 15.2. The molecule has 0 aliphatic carbocycles. The van der Waals surface area contributed by atoms with E-state index in [1.165, 1.54) is 35.2 Å². The van der Waals surface area contributed by atoms with E-state index in [4.69, 9.17) is 21.6 Å². The van der Waals surface area contributed by atoms with Crippen molar-refractivity contribution < 1.29 is 13.9 Å². The quantitative estimate of drug-likeness (QED) is 0.455. The predicted octanol–water partition coefficient (Wildman–Crippen LogP) is 3.73. The molecule has 1 atom stereocenters. The molecule has 0 bridgehead atoms. The Kier molecular flexibility index (Phi) is 6.76. The van der Waals surface area contributed by atoms with Crippen molar-refractivity contribution in [1.29, 1.82) is 5.26 Å². The van der Waals surface area contributed by atoms with Gasteiger partial charge in [-0.25, -0.2) is 9.37 Å². The Morgan fingerprint density at radius 1 is 1.38 bits per heavy atom. The number of halogens is 3. The fraction of sp³-hybridized carbons (Fsp3) is 0.211. The first-order chi connectivity index (χ1) is 13.9. The van der Waals surface area contributed by atoms with Crippen LogP contribution in [0.1, 0.15) is 30.8 Å². The van der Waals surface area contributed by atoms with Gasteiger partial charge in [-0.05, 0) is 30.7 Å². The largest absolute Gasteiger partial charge is 0.449 e. The molecule has 0 saturated carbocycles. The molecular weight excluding hydrogens is 514 g/mol. The van der Waals surface area contributed by atoms with Gasteiger partial charge in [-0.1, -0.05) is 18.5 Å². The van der Waals surface area contributed by atoms with Crippen LogP contribution in [0.25, 0.3) is 0 Å². The topological polar surface area (TPSA) is 97.0 Å². The monoisotopic (exact) mass is 528 g/mol. The Bertz CT molecular complexity index is 1120. The summed E-state index contributed by atoms with van der Waals surface area (Å²) in [6.45, 7) is 1.83. The third-order valence-corrected chi connectivity index (χ3v) is 6.31. The number of aromatic nitrogens is 2. The number of carbonyl (C=O) groups is 1. The van der Waals surface area contributed by atoms with Crippen LogP contribution >= 0.6 is 32.6 Å².